The number of aromatic amines is 3. The van der Waals surface area contributed by atoms with Gasteiger partial charge in [0.25, 0.3) is 22.6 Å². The number of amides is 1. The number of halogens is 4. The third-order valence-electron chi connectivity index (χ3n) is 15.5. The summed E-state index contributed by atoms with van der Waals surface area (Å²) in [5.41, 5.74) is 18.1. The van der Waals surface area contributed by atoms with Crippen molar-refractivity contribution in [1.29, 1.82) is 0 Å². The first-order chi connectivity index (χ1) is 48.4. The van der Waals surface area contributed by atoms with E-state index in [2.05, 4.69) is 21.4 Å². The highest BCUT2D eigenvalue weighted by molar-refractivity contribution is 5.94. The minimum atomic E-state index is -3.36. The maximum atomic E-state index is 15.4. The van der Waals surface area contributed by atoms with E-state index < -0.39 is 218 Å². The third kappa shape index (κ3) is 21.0. The number of H-pyrrole nitrogens is 3. The molecule has 4 saturated heterocycles. The first kappa shape index (κ1) is 73.1. The van der Waals surface area contributed by atoms with Gasteiger partial charge < -0.3 is 91.5 Å². The summed E-state index contributed by atoms with van der Waals surface area (Å²) in [6, 6.07) is -4.26. The second kappa shape index (κ2) is 33.6. The van der Waals surface area contributed by atoms with Crippen LogP contribution in [-0.4, -0.2) is 188 Å². The van der Waals surface area contributed by atoms with Crippen molar-refractivity contribution >= 4 is 29.8 Å². The number of aliphatic hydroxyl groups excluding tert-OH is 4. The van der Waals surface area contributed by atoms with Crippen LogP contribution in [0.5, 0.6) is 0 Å². The van der Waals surface area contributed by atoms with E-state index >= 15 is 8.78 Å². The standard InChI is InChI=1S/C16H24FN3O5.3C15H22FN3O6/c1-8(2)12(18)15(23)24-7-16(17)5-11(21)14(25-16)20-6-9(3)13(22)19-10(20)4;3*1-7(2)10(17)13(22)24-6-15(16)4-9(20)12(25-15)19-5-8(3)11(21)18-14(19)23/h6,8,11-12,14,21H,4-5,7,18H2,1-3H3,(H,19,22);3*5,7,9-10,12,20H,4,6,17H2,1-3H3,(H,18,21,23)/t11-,12+,14-,16+;3*9-,10+,12-,15+/m1111/s1/i7D2,14D;12D;6D2;. The van der Waals surface area contributed by atoms with Crippen LogP contribution in [0.1, 0.15) is 132 Å². The Morgan fingerprint density at radius 1 is 0.530 bits per heavy atom. The number of aliphatic hydroxyl groups is 4. The lowest BCUT2D eigenvalue weighted by Gasteiger charge is -2.34. The number of nitrogens with one attached hydrogen (secondary N) is 4. The molecule has 5 aliphatic rings. The summed E-state index contributed by atoms with van der Waals surface area (Å²) >= 11 is 0. The van der Waals surface area contributed by atoms with Crippen LogP contribution in [0.25, 0.3) is 0 Å². The van der Waals surface area contributed by atoms with Crippen LogP contribution in [-0.2, 0) is 61.9 Å². The van der Waals surface area contributed by atoms with Gasteiger partial charge >= 0.3 is 40.9 Å². The molecular weight excluding hydrogens is 1340 g/mol. The fourth-order valence-corrected chi connectivity index (χ4v) is 9.07. The number of carbonyl (C=O) groups excluding carboxylic acids is 5. The number of nitrogens with zero attached hydrogens (tertiary/aromatic N) is 4. The number of rotatable bonds is 20. The highest BCUT2D eigenvalue weighted by Crippen LogP contribution is 2.41. The van der Waals surface area contributed by atoms with Gasteiger partial charge in [0.15, 0.2) is 51.2 Å². The maximum absolute atomic E-state index is 15.4. The molecule has 0 spiro atoms. The van der Waals surface area contributed by atoms with E-state index in [-0.39, 0.29) is 45.8 Å². The summed E-state index contributed by atoms with van der Waals surface area (Å²) in [6.45, 7) is 14.1. The van der Waals surface area contributed by atoms with Crippen LogP contribution in [0.4, 0.5) is 17.6 Å². The number of hydrogen-bond acceptors (Lipinski definition) is 28. The van der Waals surface area contributed by atoms with Gasteiger partial charge in [0.2, 0.25) is 23.4 Å². The Morgan fingerprint density at radius 2 is 0.830 bits per heavy atom. The summed E-state index contributed by atoms with van der Waals surface area (Å²) in [7, 11) is 0. The van der Waals surface area contributed by atoms with Crippen molar-refractivity contribution < 1.29 is 108 Å². The van der Waals surface area contributed by atoms with Crippen molar-refractivity contribution in [3.05, 3.63) is 122 Å². The molecule has 16 N–H and O–H groups in total. The Kier molecular flexibility index (Phi) is 24.6. The molecule has 100 heavy (non-hydrogen) atoms. The molecule has 0 radical (unpaired) electrons. The number of nitrogens with two attached hydrogens (primary N) is 4. The van der Waals surface area contributed by atoms with Crippen molar-refractivity contribution in [3.63, 3.8) is 0 Å². The van der Waals surface area contributed by atoms with Gasteiger partial charge in [0.05, 0.1) is 8.22 Å². The molecule has 0 unspecified atom stereocenters. The Morgan fingerprint density at radius 3 is 1.23 bits per heavy atom. The molecule has 0 aromatic carbocycles. The van der Waals surface area contributed by atoms with Gasteiger partial charge in [0, 0.05) is 72.7 Å². The first-order valence-electron chi connectivity index (χ1n) is 33.9. The first-order valence-corrected chi connectivity index (χ1v) is 30.9. The molecule has 8 heterocycles. The van der Waals surface area contributed by atoms with Gasteiger partial charge in [-0.2, -0.15) is 0 Å². The smallest absolute Gasteiger partial charge is 0.330 e. The van der Waals surface area contributed by atoms with E-state index in [4.69, 9.17) is 59.6 Å². The second-order valence-corrected chi connectivity index (χ2v) is 25.4. The summed E-state index contributed by atoms with van der Waals surface area (Å²) < 4.78 is 149. The maximum Gasteiger partial charge on any atom is 0.330 e. The molecule has 4 fully saturated rings. The minimum absolute atomic E-state index is 0.0673. The molecule has 560 valence electrons. The van der Waals surface area contributed by atoms with Crippen LogP contribution in [0.2, 0.25) is 0 Å². The summed E-state index contributed by atoms with van der Waals surface area (Å²) in [5, 5.41) is 42.9. The zero-order valence-corrected chi connectivity index (χ0v) is 56.5. The third-order valence-corrected chi connectivity index (χ3v) is 15.5. The molecule has 8 rings (SSSR count). The highest BCUT2D eigenvalue weighted by Gasteiger charge is 2.53. The van der Waals surface area contributed by atoms with Gasteiger partial charge in [-0.3, -0.25) is 67.0 Å². The molecule has 39 heteroatoms. The predicted octanol–water partition coefficient (Wildman–Crippen LogP) is -1.96. The fraction of sp³-hybridized carbons (Fsp3) is 0.656. The monoisotopic (exact) mass is 1440 g/mol. The molecule has 3 aromatic heterocycles. The van der Waals surface area contributed by atoms with E-state index in [1.54, 1.807) is 55.4 Å². The molecule has 5 aliphatic heterocycles. The van der Waals surface area contributed by atoms with Gasteiger partial charge in [-0.25, -0.2) is 31.9 Å². The molecule has 3 aromatic rings. The van der Waals surface area contributed by atoms with Gasteiger partial charge in [-0.1, -0.05) is 62.0 Å². The molecule has 1 amide bonds. The number of carbonyl (C=O) groups is 5. The van der Waals surface area contributed by atoms with Crippen LogP contribution in [0.15, 0.2) is 71.5 Å². The van der Waals surface area contributed by atoms with Crippen molar-refractivity contribution in [2.45, 2.75) is 206 Å². The van der Waals surface area contributed by atoms with Crippen molar-refractivity contribution in [1.82, 2.24) is 38.9 Å². The molecular formula is C61H90F4N12O23. The fourth-order valence-electron chi connectivity index (χ4n) is 9.07. The Balaban J connectivity index is 0.000000254. The largest absolute Gasteiger partial charge is 0.458 e. The Hall–Kier alpha value is -8.09. The van der Waals surface area contributed by atoms with Crippen molar-refractivity contribution in [2.24, 2.45) is 46.6 Å². The van der Waals surface area contributed by atoms with E-state index in [1.165, 1.54) is 33.9 Å². The van der Waals surface area contributed by atoms with E-state index in [0.29, 0.717) is 4.57 Å². The summed E-state index contributed by atoms with van der Waals surface area (Å²) in [5.74, 6) is -17.6. The number of ether oxygens (including phenoxy) is 8. The molecule has 16 atom stereocenters. The SMILES string of the molecule is Cc1cn([C@@H]2O[C@](F)(COC(=O)[C@@H](N)C(C)C)C[C@H]2O)c(=O)[nH]c1=O.[2H]C([2H])(OC(=O)[C@@H](N)C(C)C)[C@]1(F)C[C@@H](O)[C@H](n2cc(C)c(=O)[nH]c2=O)O1.[2H]C([2H])(OC(=O)[C@@H](N)C(C)C)[C@]1(F)C[C@@H](O)[C@]([2H])(N2C=C(C)C(=O)NC2=C)O1.[2H][C@@]1(n2cc(C)c(=O)[nH]c2=O)O[C@](F)(COC(=O)[C@@H](N)C(C)C)C[C@H]1O. The zero-order valence-electron chi connectivity index (χ0n) is 62.5. The van der Waals surface area contributed by atoms with E-state index in [1.807, 2.05) is 15.0 Å². The van der Waals surface area contributed by atoms with Gasteiger partial charge in [0.1, 0.15) is 54.4 Å². The lowest BCUT2D eigenvalue weighted by molar-refractivity contribution is -0.200. The Labute approximate surface area is 576 Å². The molecule has 35 nitrogen and oxygen atoms in total. The van der Waals surface area contributed by atoms with Crippen molar-refractivity contribution in [3.8, 4) is 0 Å². The lowest BCUT2D eigenvalue weighted by atomic mass is 10.1. The number of hydrogen-bond donors (Lipinski definition) is 12. The predicted molar refractivity (Wildman–Crippen MR) is 339 cm³/mol. The summed E-state index contributed by atoms with van der Waals surface area (Å²) in [4.78, 5) is 136. The minimum Gasteiger partial charge on any atom is -0.458 e. The number of aromatic nitrogens is 6. The van der Waals surface area contributed by atoms with Crippen LogP contribution in [0.3, 0.4) is 0 Å². The molecule has 0 aliphatic carbocycles. The van der Waals surface area contributed by atoms with E-state index in [9.17, 15) is 81.9 Å². The number of esters is 4. The number of aryl methyl sites for hydroxylation is 3. The normalized spacial score (nSPS) is 31.0. The molecule has 0 bridgehead atoms. The van der Waals surface area contributed by atoms with E-state index in [0.717, 1.165) is 32.6 Å². The van der Waals surface area contributed by atoms with Crippen molar-refractivity contribution in [2.75, 3.05) is 26.3 Å². The van der Waals surface area contributed by atoms with Crippen LogP contribution in [0, 0.1) is 44.4 Å². The zero-order chi connectivity index (χ0) is 81.2. The average Bonchev–Trinajstić information content (AvgIpc) is 1.58. The Bertz CT molecular complexity index is 4190. The summed E-state index contributed by atoms with van der Waals surface area (Å²) in [6.07, 6.45) is -13.6. The number of alkyl halides is 4. The topological polar surface area (TPSA) is 524 Å². The van der Waals surface area contributed by atoms with Gasteiger partial charge in [-0.05, 0) is 51.4 Å². The van der Waals surface area contributed by atoms with Crippen LogP contribution >= 0.6 is 0 Å². The molecule has 0 saturated carbocycles. The average molecular weight is 1440 g/mol. The van der Waals surface area contributed by atoms with Crippen LogP contribution < -0.4 is 62.0 Å². The second-order valence-electron chi connectivity index (χ2n) is 25.4. The lowest BCUT2D eigenvalue weighted by Crippen LogP contribution is -2.46. The van der Waals surface area contributed by atoms with Gasteiger partial charge in [-0.15, -0.1) is 0 Å². The quantitative estimate of drug-likeness (QED) is 0.0332. The highest BCUT2D eigenvalue weighted by atomic mass is 19.2.